The summed E-state index contributed by atoms with van der Waals surface area (Å²) in [6, 6.07) is 7.98. The Labute approximate surface area is 129 Å². The molecule has 0 saturated carbocycles. The Bertz CT molecular complexity index is 698. The number of amides is 1. The summed E-state index contributed by atoms with van der Waals surface area (Å²) in [5, 5.41) is 7.31. The van der Waals surface area contributed by atoms with Crippen LogP contribution >= 0.6 is 22.9 Å². The summed E-state index contributed by atoms with van der Waals surface area (Å²) in [5.74, 6) is -0.834. The van der Waals surface area contributed by atoms with Crippen LogP contribution in [-0.2, 0) is 9.53 Å². The van der Waals surface area contributed by atoms with E-state index < -0.39 is 12.0 Å². The summed E-state index contributed by atoms with van der Waals surface area (Å²) in [5.41, 5.74) is 0.0597. The fourth-order valence-corrected chi connectivity index (χ4v) is 2.97. The van der Waals surface area contributed by atoms with Crippen molar-refractivity contribution in [3.8, 4) is 0 Å². The predicted octanol–water partition coefficient (Wildman–Crippen LogP) is 3.78. The zero-order chi connectivity index (χ0) is 15.0. The van der Waals surface area contributed by atoms with Gasteiger partial charge in [0.1, 0.15) is 5.82 Å². The van der Waals surface area contributed by atoms with Crippen molar-refractivity contribution in [3.05, 3.63) is 57.0 Å². The Kier molecular flexibility index (Phi) is 3.65. The molecule has 0 spiro atoms. The number of nitrogens with zero attached hydrogens (tertiary/aromatic N) is 2. The number of halogens is 2. The third-order valence-corrected chi connectivity index (χ3v) is 4.15. The molecule has 0 fully saturated rings. The monoisotopic (exact) mass is 324 g/mol. The lowest BCUT2D eigenvalue weighted by Crippen LogP contribution is -2.24. The summed E-state index contributed by atoms with van der Waals surface area (Å²) in [7, 11) is 0. The number of benzene rings is 1. The normalized spacial score (nSPS) is 17.6. The summed E-state index contributed by atoms with van der Waals surface area (Å²) in [6.45, 7) is 1.37. The third-order valence-electron chi connectivity index (χ3n) is 2.93. The van der Waals surface area contributed by atoms with Crippen molar-refractivity contribution in [2.45, 2.75) is 13.2 Å². The highest BCUT2D eigenvalue weighted by Gasteiger charge is 2.35. The standard InChI is InChI=1S/C14H10ClFN2O2S/c1-8(19)18-14(11-6-3-7-21-11)20-13(17-18)12-9(15)4-2-5-10(12)16/h2-7,14H,1H3. The van der Waals surface area contributed by atoms with Crippen LogP contribution in [0.15, 0.2) is 40.8 Å². The second kappa shape index (κ2) is 5.46. The van der Waals surface area contributed by atoms with Crippen molar-refractivity contribution in [3.63, 3.8) is 0 Å². The molecule has 0 bridgehead atoms. The largest absolute Gasteiger partial charge is 0.445 e. The Morgan fingerprint density at radius 1 is 1.43 bits per heavy atom. The van der Waals surface area contributed by atoms with Gasteiger partial charge in [-0.2, -0.15) is 5.01 Å². The van der Waals surface area contributed by atoms with E-state index in [0.29, 0.717) is 0 Å². The highest BCUT2D eigenvalue weighted by molar-refractivity contribution is 7.10. The van der Waals surface area contributed by atoms with Crippen molar-refractivity contribution in [2.24, 2.45) is 5.10 Å². The van der Waals surface area contributed by atoms with Gasteiger partial charge in [-0.1, -0.05) is 23.7 Å². The summed E-state index contributed by atoms with van der Waals surface area (Å²) in [4.78, 5) is 12.5. The SMILES string of the molecule is CC(=O)N1N=C(c2c(F)cccc2Cl)OC1c1cccs1. The maximum atomic E-state index is 14.0. The maximum absolute atomic E-state index is 14.0. The third kappa shape index (κ3) is 2.52. The molecule has 1 unspecified atom stereocenters. The fourth-order valence-electron chi connectivity index (χ4n) is 1.99. The number of carbonyl (C=O) groups excluding carboxylic acids is 1. The van der Waals surface area contributed by atoms with E-state index >= 15 is 0 Å². The lowest BCUT2D eigenvalue weighted by Gasteiger charge is -2.17. The van der Waals surface area contributed by atoms with Gasteiger partial charge in [0.2, 0.25) is 18.0 Å². The van der Waals surface area contributed by atoms with Gasteiger partial charge in [0.25, 0.3) is 0 Å². The summed E-state index contributed by atoms with van der Waals surface area (Å²) < 4.78 is 19.6. The van der Waals surface area contributed by atoms with E-state index in [0.717, 1.165) is 4.88 Å². The van der Waals surface area contributed by atoms with Crippen molar-refractivity contribution >= 4 is 34.7 Å². The number of hydrazone groups is 1. The molecule has 0 radical (unpaired) electrons. The summed E-state index contributed by atoms with van der Waals surface area (Å²) in [6.07, 6.45) is -0.687. The molecule has 1 aliphatic heterocycles. The molecule has 2 heterocycles. The first-order valence-corrected chi connectivity index (χ1v) is 7.36. The molecule has 0 saturated heterocycles. The molecule has 1 aromatic heterocycles. The highest BCUT2D eigenvalue weighted by Crippen LogP contribution is 2.34. The van der Waals surface area contributed by atoms with Crippen LogP contribution in [0.25, 0.3) is 0 Å². The second-order valence-electron chi connectivity index (χ2n) is 4.35. The second-order valence-corrected chi connectivity index (χ2v) is 5.74. The highest BCUT2D eigenvalue weighted by atomic mass is 35.5. The zero-order valence-electron chi connectivity index (χ0n) is 10.9. The van der Waals surface area contributed by atoms with Gasteiger partial charge < -0.3 is 4.74 Å². The first-order chi connectivity index (χ1) is 10.1. The van der Waals surface area contributed by atoms with E-state index in [4.69, 9.17) is 16.3 Å². The Morgan fingerprint density at radius 3 is 2.86 bits per heavy atom. The molecular formula is C14H10ClFN2O2S. The quantitative estimate of drug-likeness (QED) is 0.843. The minimum atomic E-state index is -0.687. The lowest BCUT2D eigenvalue weighted by atomic mass is 10.2. The van der Waals surface area contributed by atoms with E-state index in [-0.39, 0.29) is 22.4 Å². The molecule has 2 aromatic rings. The van der Waals surface area contributed by atoms with Gasteiger partial charge in [-0.25, -0.2) is 4.39 Å². The average Bonchev–Trinajstić information content (AvgIpc) is 3.07. The first-order valence-electron chi connectivity index (χ1n) is 6.11. The Hall–Kier alpha value is -1.92. The number of hydrogen-bond acceptors (Lipinski definition) is 4. The Balaban J connectivity index is 2.02. The molecular weight excluding hydrogens is 315 g/mol. The van der Waals surface area contributed by atoms with Crippen LogP contribution in [0.2, 0.25) is 5.02 Å². The van der Waals surface area contributed by atoms with E-state index in [9.17, 15) is 9.18 Å². The molecule has 108 valence electrons. The molecule has 7 heteroatoms. The molecule has 3 rings (SSSR count). The predicted molar refractivity (Wildman–Crippen MR) is 78.6 cm³/mol. The molecule has 4 nitrogen and oxygen atoms in total. The number of thiophene rings is 1. The van der Waals surface area contributed by atoms with Crippen molar-refractivity contribution in [1.82, 2.24) is 5.01 Å². The van der Waals surface area contributed by atoms with Crippen LogP contribution in [0.3, 0.4) is 0 Å². The molecule has 1 aliphatic rings. The van der Waals surface area contributed by atoms with Gasteiger partial charge in [0.05, 0.1) is 15.5 Å². The number of ether oxygens (including phenoxy) is 1. The van der Waals surface area contributed by atoms with Crippen molar-refractivity contribution in [1.29, 1.82) is 0 Å². The summed E-state index contributed by atoms with van der Waals surface area (Å²) >= 11 is 7.44. The first kappa shape index (κ1) is 14.0. The van der Waals surface area contributed by atoms with Gasteiger partial charge in [-0.3, -0.25) is 4.79 Å². The van der Waals surface area contributed by atoms with Gasteiger partial charge in [0.15, 0.2) is 0 Å². The van der Waals surface area contributed by atoms with E-state index in [1.165, 1.54) is 35.4 Å². The van der Waals surface area contributed by atoms with Crippen LogP contribution in [0.1, 0.15) is 23.6 Å². The molecule has 21 heavy (non-hydrogen) atoms. The maximum Gasteiger partial charge on any atom is 0.245 e. The van der Waals surface area contributed by atoms with Crippen molar-refractivity contribution < 1.29 is 13.9 Å². The van der Waals surface area contributed by atoms with Gasteiger partial charge >= 0.3 is 0 Å². The smallest absolute Gasteiger partial charge is 0.245 e. The number of carbonyl (C=O) groups is 1. The zero-order valence-corrected chi connectivity index (χ0v) is 12.5. The van der Waals surface area contributed by atoms with Crippen LogP contribution < -0.4 is 0 Å². The van der Waals surface area contributed by atoms with Crippen molar-refractivity contribution in [2.75, 3.05) is 0 Å². The lowest BCUT2D eigenvalue weighted by molar-refractivity contribution is -0.135. The number of rotatable bonds is 2. The topological polar surface area (TPSA) is 41.9 Å². The van der Waals surface area contributed by atoms with Crippen LogP contribution in [0.4, 0.5) is 4.39 Å². The van der Waals surface area contributed by atoms with Crippen LogP contribution in [0, 0.1) is 5.82 Å². The molecule has 1 aromatic carbocycles. The van der Waals surface area contributed by atoms with E-state index in [2.05, 4.69) is 5.10 Å². The molecule has 0 N–H and O–H groups in total. The van der Waals surface area contributed by atoms with Gasteiger partial charge in [0, 0.05) is 6.92 Å². The van der Waals surface area contributed by atoms with Crippen LogP contribution in [-0.4, -0.2) is 16.8 Å². The molecule has 1 atom stereocenters. The molecule has 1 amide bonds. The van der Waals surface area contributed by atoms with Gasteiger partial charge in [-0.05, 0) is 23.6 Å². The van der Waals surface area contributed by atoms with E-state index in [1.54, 1.807) is 6.07 Å². The Morgan fingerprint density at radius 2 is 2.24 bits per heavy atom. The minimum Gasteiger partial charge on any atom is -0.445 e. The average molecular weight is 325 g/mol. The van der Waals surface area contributed by atoms with Crippen LogP contribution in [0.5, 0.6) is 0 Å². The number of hydrogen-bond donors (Lipinski definition) is 0. The van der Waals surface area contributed by atoms with E-state index in [1.807, 2.05) is 17.5 Å². The molecule has 0 aliphatic carbocycles. The van der Waals surface area contributed by atoms with Gasteiger partial charge in [-0.15, -0.1) is 16.4 Å². The fraction of sp³-hybridized carbons (Fsp3) is 0.143. The minimum absolute atomic E-state index is 0.00620.